The zero-order chi connectivity index (χ0) is 14.8. The van der Waals surface area contributed by atoms with Gasteiger partial charge in [-0.2, -0.15) is 12.7 Å². The molecule has 0 unspecified atom stereocenters. The molecule has 1 aliphatic heterocycles. The summed E-state index contributed by atoms with van der Waals surface area (Å²) in [7, 11) is -2.21. The van der Waals surface area contributed by atoms with Gasteiger partial charge in [0, 0.05) is 26.2 Å². The van der Waals surface area contributed by atoms with Crippen LogP contribution in [0, 0.1) is 0 Å². The first-order chi connectivity index (χ1) is 8.50. The lowest BCUT2D eigenvalue weighted by molar-refractivity contribution is 0.0183. The first-order valence-electron chi connectivity index (χ1n) is 6.24. The second-order valence-electron chi connectivity index (χ2n) is 5.76. The zero-order valence-corrected chi connectivity index (χ0v) is 12.7. The summed E-state index contributed by atoms with van der Waals surface area (Å²) in [5, 5.41) is 5.08. The minimum atomic E-state index is -3.67. The molecular weight excluding hydrogens is 270 g/mol. The van der Waals surface area contributed by atoms with Gasteiger partial charge in [0.2, 0.25) is 0 Å². The molecular formula is C11H23N3O4S. The van der Waals surface area contributed by atoms with Gasteiger partial charge in [0.15, 0.2) is 0 Å². The molecule has 0 aliphatic carbocycles. The molecule has 0 aromatic carbocycles. The van der Waals surface area contributed by atoms with Crippen LogP contribution < -0.4 is 5.14 Å². The summed E-state index contributed by atoms with van der Waals surface area (Å²) in [6.45, 7) is 6.38. The highest BCUT2D eigenvalue weighted by molar-refractivity contribution is 7.86. The van der Waals surface area contributed by atoms with Crippen molar-refractivity contribution in [1.82, 2.24) is 9.21 Å². The van der Waals surface area contributed by atoms with Crippen molar-refractivity contribution in [3.8, 4) is 0 Å². The molecule has 1 fully saturated rings. The molecule has 0 atom stereocenters. The van der Waals surface area contributed by atoms with Gasteiger partial charge in [0.25, 0.3) is 10.2 Å². The van der Waals surface area contributed by atoms with Crippen LogP contribution in [-0.4, -0.2) is 55.5 Å². The topological polar surface area (TPSA) is 92.9 Å². The molecule has 1 heterocycles. The molecule has 1 amide bonds. The van der Waals surface area contributed by atoms with Crippen LogP contribution in [0.2, 0.25) is 0 Å². The molecule has 1 saturated heterocycles. The Kier molecular flexibility index (Phi) is 4.81. The van der Waals surface area contributed by atoms with E-state index in [-0.39, 0.29) is 12.1 Å². The van der Waals surface area contributed by atoms with Crippen LogP contribution in [0.5, 0.6) is 0 Å². The van der Waals surface area contributed by atoms with Crippen LogP contribution in [0.3, 0.4) is 0 Å². The van der Waals surface area contributed by atoms with Crippen molar-refractivity contribution in [1.29, 1.82) is 0 Å². The molecule has 0 saturated carbocycles. The van der Waals surface area contributed by atoms with Gasteiger partial charge in [0.1, 0.15) is 5.60 Å². The highest BCUT2D eigenvalue weighted by Crippen LogP contribution is 2.19. The minimum absolute atomic E-state index is 0.159. The maximum absolute atomic E-state index is 11.8. The molecule has 1 aliphatic rings. The monoisotopic (exact) mass is 293 g/mol. The van der Waals surface area contributed by atoms with Crippen molar-refractivity contribution in [2.75, 3.05) is 20.1 Å². The van der Waals surface area contributed by atoms with Crippen molar-refractivity contribution < 1.29 is 17.9 Å². The van der Waals surface area contributed by atoms with Crippen LogP contribution in [0.4, 0.5) is 4.79 Å². The number of likely N-dealkylation sites (tertiary alicyclic amines) is 1. The number of carbonyl (C=O) groups is 1. The van der Waals surface area contributed by atoms with E-state index in [0.717, 1.165) is 0 Å². The number of hydrogen-bond donors (Lipinski definition) is 1. The lowest BCUT2D eigenvalue weighted by atomic mass is 10.1. The van der Waals surface area contributed by atoms with Gasteiger partial charge in [-0.3, -0.25) is 0 Å². The summed E-state index contributed by atoms with van der Waals surface area (Å²) in [6.07, 6.45) is 0.766. The van der Waals surface area contributed by atoms with E-state index in [1.807, 2.05) is 20.8 Å². The third-order valence-corrected chi connectivity index (χ3v) is 4.13. The molecule has 2 N–H and O–H groups in total. The molecule has 19 heavy (non-hydrogen) atoms. The average molecular weight is 293 g/mol. The maximum atomic E-state index is 11.8. The van der Waals surface area contributed by atoms with Crippen molar-refractivity contribution in [3.05, 3.63) is 0 Å². The van der Waals surface area contributed by atoms with E-state index < -0.39 is 15.8 Å². The first-order valence-corrected chi connectivity index (χ1v) is 7.75. The summed E-state index contributed by atoms with van der Waals surface area (Å²) >= 11 is 0. The first kappa shape index (κ1) is 16.2. The van der Waals surface area contributed by atoms with Crippen LogP contribution in [0.25, 0.3) is 0 Å². The summed E-state index contributed by atoms with van der Waals surface area (Å²) in [5.41, 5.74) is -0.522. The molecule has 0 radical (unpaired) electrons. The summed E-state index contributed by atoms with van der Waals surface area (Å²) in [6, 6.07) is -0.159. The van der Waals surface area contributed by atoms with E-state index in [1.165, 1.54) is 11.4 Å². The highest BCUT2D eigenvalue weighted by Gasteiger charge is 2.31. The number of piperidine rings is 1. The Hall–Kier alpha value is -0.860. The Labute approximate surface area is 114 Å². The second kappa shape index (κ2) is 5.64. The number of nitrogens with two attached hydrogens (primary N) is 1. The van der Waals surface area contributed by atoms with Gasteiger partial charge in [-0.15, -0.1) is 0 Å². The summed E-state index contributed by atoms with van der Waals surface area (Å²) < 4.78 is 28.9. The standard InChI is InChI=1S/C11H23N3O4S/c1-11(2,3)18-10(15)14-7-5-9(6-8-14)13(4)19(12,16)17/h9H,5-8H2,1-4H3,(H2,12,16,17). The number of nitrogens with zero attached hydrogens (tertiary/aromatic N) is 2. The predicted molar refractivity (Wildman–Crippen MR) is 71.7 cm³/mol. The summed E-state index contributed by atoms with van der Waals surface area (Å²) in [4.78, 5) is 13.4. The van der Waals surface area contributed by atoms with Gasteiger partial charge in [-0.25, -0.2) is 9.93 Å². The van der Waals surface area contributed by atoms with Gasteiger partial charge in [0.05, 0.1) is 0 Å². The van der Waals surface area contributed by atoms with E-state index in [0.29, 0.717) is 25.9 Å². The number of amides is 1. The smallest absolute Gasteiger partial charge is 0.410 e. The molecule has 0 aromatic rings. The lowest BCUT2D eigenvalue weighted by Crippen LogP contribution is -2.49. The van der Waals surface area contributed by atoms with Gasteiger partial charge >= 0.3 is 6.09 Å². The molecule has 7 nitrogen and oxygen atoms in total. The molecule has 0 aromatic heterocycles. The van der Waals surface area contributed by atoms with E-state index in [1.54, 1.807) is 4.90 Å². The molecule has 0 bridgehead atoms. The van der Waals surface area contributed by atoms with Crippen LogP contribution in [0.15, 0.2) is 0 Å². The van der Waals surface area contributed by atoms with Gasteiger partial charge < -0.3 is 9.64 Å². The largest absolute Gasteiger partial charge is 0.444 e. The molecule has 0 spiro atoms. The molecule has 112 valence electrons. The number of hydrogen-bond acceptors (Lipinski definition) is 4. The Bertz CT molecular complexity index is 422. The Balaban J connectivity index is 2.52. The minimum Gasteiger partial charge on any atom is -0.444 e. The molecule has 8 heteroatoms. The third-order valence-electron chi connectivity index (χ3n) is 3.03. The van der Waals surface area contributed by atoms with Crippen molar-refractivity contribution >= 4 is 16.3 Å². The number of rotatable bonds is 2. The average Bonchev–Trinajstić information content (AvgIpc) is 2.24. The number of carbonyl (C=O) groups excluding carboxylic acids is 1. The molecule has 1 rings (SSSR count). The van der Waals surface area contributed by atoms with Crippen LogP contribution in [-0.2, 0) is 14.9 Å². The van der Waals surface area contributed by atoms with Crippen molar-refractivity contribution in [2.24, 2.45) is 5.14 Å². The number of ether oxygens (including phenoxy) is 1. The predicted octanol–water partition coefficient (Wildman–Crippen LogP) is 0.521. The van der Waals surface area contributed by atoms with Crippen LogP contribution in [0.1, 0.15) is 33.6 Å². The second-order valence-corrected chi connectivity index (χ2v) is 7.37. The normalized spacial score (nSPS) is 18.7. The fourth-order valence-corrected chi connectivity index (χ4v) is 2.57. The van der Waals surface area contributed by atoms with E-state index in [4.69, 9.17) is 9.88 Å². The Morgan fingerprint density at radius 2 is 1.79 bits per heavy atom. The van der Waals surface area contributed by atoms with Crippen molar-refractivity contribution in [3.63, 3.8) is 0 Å². The van der Waals surface area contributed by atoms with Crippen molar-refractivity contribution in [2.45, 2.75) is 45.3 Å². The van der Waals surface area contributed by atoms with Gasteiger partial charge in [-0.05, 0) is 33.6 Å². The van der Waals surface area contributed by atoms with Crippen LogP contribution >= 0.6 is 0 Å². The summed E-state index contributed by atoms with van der Waals surface area (Å²) in [5.74, 6) is 0. The van der Waals surface area contributed by atoms with E-state index >= 15 is 0 Å². The fourth-order valence-electron chi connectivity index (χ4n) is 1.95. The quantitative estimate of drug-likeness (QED) is 0.803. The fraction of sp³-hybridized carbons (Fsp3) is 0.909. The van der Waals surface area contributed by atoms with E-state index in [9.17, 15) is 13.2 Å². The highest BCUT2D eigenvalue weighted by atomic mass is 32.2. The maximum Gasteiger partial charge on any atom is 0.410 e. The lowest BCUT2D eigenvalue weighted by Gasteiger charge is -2.36. The van der Waals surface area contributed by atoms with Gasteiger partial charge in [-0.1, -0.05) is 0 Å². The third kappa shape index (κ3) is 4.96. The Morgan fingerprint density at radius 3 is 2.16 bits per heavy atom. The van der Waals surface area contributed by atoms with E-state index in [2.05, 4.69) is 0 Å². The Morgan fingerprint density at radius 1 is 1.32 bits per heavy atom. The SMILES string of the molecule is CN(C1CCN(C(=O)OC(C)(C)C)CC1)S(N)(=O)=O. The zero-order valence-electron chi connectivity index (χ0n) is 11.9.